The maximum absolute atomic E-state index is 11.7. The molecule has 1 amide bonds. The molecule has 0 aliphatic heterocycles. The van der Waals surface area contributed by atoms with E-state index in [0.717, 1.165) is 37.0 Å². The van der Waals surface area contributed by atoms with E-state index in [4.69, 9.17) is 4.74 Å². The van der Waals surface area contributed by atoms with Crippen molar-refractivity contribution in [3.8, 4) is 0 Å². The number of unbranched alkanes of at least 4 members (excludes halogenated alkanes) is 3. The van der Waals surface area contributed by atoms with Gasteiger partial charge in [0, 0.05) is 5.75 Å². The van der Waals surface area contributed by atoms with Crippen LogP contribution in [-0.4, -0.2) is 34.7 Å². The molecule has 2 N–H and O–H groups in total. The molecule has 0 fully saturated rings. The molecule has 24 heavy (non-hydrogen) atoms. The molecule has 0 aliphatic rings. The molecule has 0 aliphatic carbocycles. The molecule has 0 saturated carbocycles. The van der Waals surface area contributed by atoms with Crippen molar-refractivity contribution in [3.05, 3.63) is 48.6 Å². The summed E-state index contributed by atoms with van der Waals surface area (Å²) in [7, 11) is 0. The second kappa shape index (κ2) is 12.5. The molecule has 1 unspecified atom stereocenters. The number of carboxylic acids is 1. The number of ether oxygens (including phenoxy) is 1. The van der Waals surface area contributed by atoms with Gasteiger partial charge < -0.3 is 15.2 Å². The van der Waals surface area contributed by atoms with Crippen LogP contribution in [0.5, 0.6) is 0 Å². The number of carbonyl (C=O) groups excluding carboxylic acids is 1. The molecule has 1 aromatic rings. The van der Waals surface area contributed by atoms with E-state index < -0.39 is 18.1 Å². The number of amides is 1. The summed E-state index contributed by atoms with van der Waals surface area (Å²) in [6.07, 6.45) is 5.44. The number of thioether (sulfide) groups is 1. The largest absolute Gasteiger partial charge is 0.480 e. The SMILES string of the molecule is C=CCCCCCSCC(NC(=O)OCc1ccccc1)C(=O)O. The topological polar surface area (TPSA) is 75.6 Å². The predicted molar refractivity (Wildman–Crippen MR) is 97.2 cm³/mol. The molecule has 0 heterocycles. The molecular formula is C18H25NO4S. The molecular weight excluding hydrogens is 326 g/mol. The van der Waals surface area contributed by atoms with Gasteiger partial charge in [-0.1, -0.05) is 42.8 Å². The van der Waals surface area contributed by atoms with Crippen molar-refractivity contribution in [3.63, 3.8) is 0 Å². The fraction of sp³-hybridized carbons (Fsp3) is 0.444. The van der Waals surface area contributed by atoms with Crippen LogP contribution in [0.3, 0.4) is 0 Å². The summed E-state index contributed by atoms with van der Waals surface area (Å²) < 4.78 is 5.05. The molecule has 1 rings (SSSR count). The van der Waals surface area contributed by atoms with E-state index in [-0.39, 0.29) is 6.61 Å². The molecule has 0 aromatic heterocycles. The first-order chi connectivity index (χ1) is 11.6. The van der Waals surface area contributed by atoms with Gasteiger partial charge in [0.2, 0.25) is 0 Å². The highest BCUT2D eigenvalue weighted by molar-refractivity contribution is 7.99. The number of aliphatic carboxylic acids is 1. The molecule has 0 bridgehead atoms. The minimum Gasteiger partial charge on any atom is -0.480 e. The number of carbonyl (C=O) groups is 2. The van der Waals surface area contributed by atoms with Crippen molar-refractivity contribution in [2.75, 3.05) is 11.5 Å². The van der Waals surface area contributed by atoms with Gasteiger partial charge in [-0.15, -0.1) is 6.58 Å². The number of benzene rings is 1. The minimum absolute atomic E-state index is 0.120. The standard InChI is InChI=1S/C18H25NO4S/c1-2-3-4-5-9-12-24-14-16(17(20)21)19-18(22)23-13-15-10-7-6-8-11-15/h2,6-8,10-11,16H,1,3-5,9,12-14H2,(H,19,22)(H,20,21). The Labute approximate surface area is 147 Å². The molecule has 132 valence electrons. The Bertz CT molecular complexity index is 507. The predicted octanol–water partition coefficient (Wildman–Crippen LogP) is 3.85. The van der Waals surface area contributed by atoms with Crippen LogP contribution >= 0.6 is 11.8 Å². The van der Waals surface area contributed by atoms with Crippen LogP contribution in [0.4, 0.5) is 4.79 Å². The zero-order valence-electron chi connectivity index (χ0n) is 13.8. The average Bonchev–Trinajstić information content (AvgIpc) is 2.59. The van der Waals surface area contributed by atoms with Crippen molar-refractivity contribution in [1.29, 1.82) is 0 Å². The Morgan fingerprint density at radius 3 is 2.67 bits per heavy atom. The third-order valence-corrected chi connectivity index (χ3v) is 4.43. The van der Waals surface area contributed by atoms with E-state index in [2.05, 4.69) is 11.9 Å². The Kier molecular flexibility index (Phi) is 10.4. The number of hydrogen-bond acceptors (Lipinski definition) is 4. The van der Waals surface area contributed by atoms with E-state index in [1.807, 2.05) is 36.4 Å². The molecule has 1 aromatic carbocycles. The lowest BCUT2D eigenvalue weighted by molar-refractivity contribution is -0.138. The lowest BCUT2D eigenvalue weighted by Crippen LogP contribution is -2.42. The number of allylic oxidation sites excluding steroid dienone is 1. The molecule has 0 saturated heterocycles. The van der Waals surface area contributed by atoms with Crippen molar-refractivity contribution >= 4 is 23.8 Å². The quantitative estimate of drug-likeness (QED) is 0.442. The van der Waals surface area contributed by atoms with Gasteiger partial charge in [-0.05, 0) is 30.6 Å². The highest BCUT2D eigenvalue weighted by atomic mass is 32.2. The second-order valence-electron chi connectivity index (χ2n) is 5.31. The summed E-state index contributed by atoms with van der Waals surface area (Å²) in [4.78, 5) is 22.9. The van der Waals surface area contributed by atoms with Crippen molar-refractivity contribution < 1.29 is 19.4 Å². The van der Waals surface area contributed by atoms with E-state index in [0.29, 0.717) is 5.75 Å². The summed E-state index contributed by atoms with van der Waals surface area (Å²) >= 11 is 1.53. The van der Waals surface area contributed by atoms with Crippen molar-refractivity contribution in [2.45, 2.75) is 38.3 Å². The van der Waals surface area contributed by atoms with Gasteiger partial charge in [0.1, 0.15) is 12.6 Å². The normalized spacial score (nSPS) is 11.5. The third kappa shape index (κ3) is 9.25. The summed E-state index contributed by atoms with van der Waals surface area (Å²) in [5.41, 5.74) is 0.855. The van der Waals surface area contributed by atoms with Crippen molar-refractivity contribution in [2.24, 2.45) is 0 Å². The number of alkyl carbamates (subject to hydrolysis) is 1. The first kappa shape index (κ1) is 20.1. The number of hydrogen-bond donors (Lipinski definition) is 2. The monoisotopic (exact) mass is 351 g/mol. The van der Waals surface area contributed by atoms with Gasteiger partial charge in [0.05, 0.1) is 0 Å². The van der Waals surface area contributed by atoms with E-state index >= 15 is 0 Å². The fourth-order valence-corrected chi connectivity index (χ4v) is 2.99. The van der Waals surface area contributed by atoms with E-state index in [1.54, 1.807) is 0 Å². The third-order valence-electron chi connectivity index (χ3n) is 3.28. The summed E-state index contributed by atoms with van der Waals surface area (Å²) in [6.45, 7) is 3.80. The smallest absolute Gasteiger partial charge is 0.408 e. The average molecular weight is 351 g/mol. The molecule has 0 spiro atoms. The summed E-state index contributed by atoms with van der Waals surface area (Å²) in [5.74, 6) is 0.157. The van der Waals surface area contributed by atoms with E-state index in [9.17, 15) is 14.7 Å². The van der Waals surface area contributed by atoms with Gasteiger partial charge in [0.25, 0.3) is 0 Å². The maximum Gasteiger partial charge on any atom is 0.408 e. The molecule has 0 radical (unpaired) electrons. The Hall–Kier alpha value is -1.95. The molecule has 1 atom stereocenters. The second-order valence-corrected chi connectivity index (χ2v) is 6.46. The minimum atomic E-state index is -1.05. The lowest BCUT2D eigenvalue weighted by atomic mass is 10.2. The van der Waals surface area contributed by atoms with Crippen LogP contribution in [0, 0.1) is 0 Å². The first-order valence-corrected chi connectivity index (χ1v) is 9.17. The Morgan fingerprint density at radius 1 is 1.25 bits per heavy atom. The van der Waals surface area contributed by atoms with Crippen LogP contribution in [-0.2, 0) is 16.1 Å². The van der Waals surface area contributed by atoms with Gasteiger partial charge in [-0.25, -0.2) is 9.59 Å². The Morgan fingerprint density at radius 2 is 2.00 bits per heavy atom. The maximum atomic E-state index is 11.7. The van der Waals surface area contributed by atoms with Crippen molar-refractivity contribution in [1.82, 2.24) is 5.32 Å². The van der Waals surface area contributed by atoms with Gasteiger partial charge in [-0.2, -0.15) is 11.8 Å². The summed E-state index contributed by atoms with van der Waals surface area (Å²) in [6, 6.07) is 8.31. The van der Waals surface area contributed by atoms with Crippen LogP contribution in [0.15, 0.2) is 43.0 Å². The van der Waals surface area contributed by atoms with Gasteiger partial charge >= 0.3 is 12.1 Å². The zero-order chi connectivity index (χ0) is 17.6. The summed E-state index contributed by atoms with van der Waals surface area (Å²) in [5, 5.41) is 11.6. The first-order valence-electron chi connectivity index (χ1n) is 8.02. The highest BCUT2D eigenvalue weighted by Crippen LogP contribution is 2.10. The highest BCUT2D eigenvalue weighted by Gasteiger charge is 2.20. The number of carboxylic acid groups (broad SMARTS) is 1. The lowest BCUT2D eigenvalue weighted by Gasteiger charge is -2.14. The van der Waals surface area contributed by atoms with Crippen LogP contribution < -0.4 is 5.32 Å². The fourth-order valence-electron chi connectivity index (χ4n) is 1.95. The van der Waals surface area contributed by atoms with Crippen LogP contribution in [0.2, 0.25) is 0 Å². The van der Waals surface area contributed by atoms with E-state index in [1.165, 1.54) is 11.8 Å². The number of rotatable bonds is 12. The van der Waals surface area contributed by atoms with Crippen LogP contribution in [0.25, 0.3) is 0 Å². The van der Waals surface area contributed by atoms with Gasteiger partial charge in [0.15, 0.2) is 0 Å². The number of nitrogens with one attached hydrogen (secondary N) is 1. The van der Waals surface area contributed by atoms with Crippen LogP contribution in [0.1, 0.15) is 31.2 Å². The Balaban J connectivity index is 2.23. The molecule has 6 heteroatoms. The van der Waals surface area contributed by atoms with Gasteiger partial charge in [-0.3, -0.25) is 0 Å². The molecule has 5 nitrogen and oxygen atoms in total. The zero-order valence-corrected chi connectivity index (χ0v) is 14.6.